The van der Waals surface area contributed by atoms with Gasteiger partial charge in [0.05, 0.1) is 6.10 Å². The zero-order chi connectivity index (χ0) is 16.7. The van der Waals surface area contributed by atoms with Crippen molar-refractivity contribution in [3.63, 3.8) is 0 Å². The minimum atomic E-state index is -0.0354. The minimum Gasteiger partial charge on any atom is -0.508 e. The average Bonchev–Trinajstić information content (AvgIpc) is 2.56. The van der Waals surface area contributed by atoms with Crippen LogP contribution in [0.3, 0.4) is 0 Å². The molecule has 4 heteroatoms. The van der Waals surface area contributed by atoms with E-state index in [1.165, 1.54) is 5.56 Å². The van der Waals surface area contributed by atoms with Gasteiger partial charge in [0.15, 0.2) is 0 Å². The Morgan fingerprint density at radius 2 is 1.52 bits per heavy atom. The fourth-order valence-electron chi connectivity index (χ4n) is 2.48. The number of hydrogen-bond donors (Lipinski definition) is 3. The number of ether oxygens (including phenoxy) is 1. The molecule has 2 rings (SSSR count). The molecule has 23 heavy (non-hydrogen) atoms. The molecule has 2 aromatic carbocycles. The quantitative estimate of drug-likeness (QED) is 0.699. The van der Waals surface area contributed by atoms with Crippen molar-refractivity contribution in [3.8, 4) is 11.5 Å². The summed E-state index contributed by atoms with van der Waals surface area (Å²) in [5.74, 6) is 0.565. The molecule has 0 fully saturated rings. The molecule has 0 aromatic heterocycles. The van der Waals surface area contributed by atoms with Crippen LogP contribution in [-0.4, -0.2) is 29.9 Å². The van der Waals surface area contributed by atoms with Crippen LogP contribution in [0.25, 0.3) is 0 Å². The Hall–Kier alpha value is -2.04. The summed E-state index contributed by atoms with van der Waals surface area (Å²) in [7, 11) is 1.69. The van der Waals surface area contributed by atoms with E-state index in [1.807, 2.05) is 24.3 Å². The van der Waals surface area contributed by atoms with Crippen molar-refractivity contribution in [2.75, 3.05) is 13.7 Å². The van der Waals surface area contributed by atoms with Crippen molar-refractivity contribution >= 4 is 0 Å². The van der Waals surface area contributed by atoms with E-state index in [0.717, 1.165) is 24.9 Å². The predicted octanol–water partition coefficient (Wildman–Crippen LogP) is 3.40. The molecule has 0 aliphatic heterocycles. The van der Waals surface area contributed by atoms with Crippen LogP contribution >= 0.6 is 0 Å². The number of nitrogens with one attached hydrogen (secondary N) is 1. The first-order valence-corrected chi connectivity index (χ1v) is 7.91. The third-order valence-electron chi connectivity index (χ3n) is 4.00. The molecule has 0 aliphatic rings. The molecular weight excluding hydrogens is 290 g/mol. The molecule has 0 heterocycles. The van der Waals surface area contributed by atoms with Gasteiger partial charge in [0.25, 0.3) is 0 Å². The zero-order valence-corrected chi connectivity index (χ0v) is 13.7. The maximum atomic E-state index is 9.35. The third kappa shape index (κ3) is 5.58. The highest BCUT2D eigenvalue weighted by Crippen LogP contribution is 2.19. The highest BCUT2D eigenvalue weighted by Gasteiger charge is 2.12. The number of phenolic OH excluding ortho intramolecular Hbond substituents is 2. The SMILES string of the molecule is CO[C@@H](CN[C@H](C)CCc1ccc(O)cc1)c1ccc(O)cc1. The summed E-state index contributed by atoms with van der Waals surface area (Å²) in [6, 6.07) is 14.8. The average molecular weight is 315 g/mol. The van der Waals surface area contributed by atoms with Crippen molar-refractivity contribution in [3.05, 3.63) is 59.7 Å². The van der Waals surface area contributed by atoms with Crippen LogP contribution in [0.2, 0.25) is 0 Å². The van der Waals surface area contributed by atoms with Crippen LogP contribution in [0.5, 0.6) is 11.5 Å². The zero-order valence-electron chi connectivity index (χ0n) is 13.7. The van der Waals surface area contributed by atoms with Crippen molar-refractivity contribution in [2.45, 2.75) is 31.9 Å². The lowest BCUT2D eigenvalue weighted by Crippen LogP contribution is -2.31. The first-order valence-electron chi connectivity index (χ1n) is 7.91. The third-order valence-corrected chi connectivity index (χ3v) is 4.00. The van der Waals surface area contributed by atoms with Crippen molar-refractivity contribution < 1.29 is 14.9 Å². The standard InChI is InChI=1S/C19H25NO3/c1-14(3-4-15-5-9-17(21)10-6-15)20-13-19(23-2)16-7-11-18(22)12-8-16/h5-12,14,19-22H,3-4,13H2,1-2H3/t14-,19+/m1/s1. The fourth-order valence-corrected chi connectivity index (χ4v) is 2.48. The van der Waals surface area contributed by atoms with Crippen molar-refractivity contribution in [1.29, 1.82) is 0 Å². The van der Waals surface area contributed by atoms with E-state index in [2.05, 4.69) is 12.2 Å². The van der Waals surface area contributed by atoms with Crippen LogP contribution in [0.1, 0.15) is 30.6 Å². The summed E-state index contributed by atoms with van der Waals surface area (Å²) in [6.45, 7) is 2.88. The molecule has 0 saturated carbocycles. The molecule has 3 N–H and O–H groups in total. The lowest BCUT2D eigenvalue weighted by atomic mass is 10.1. The van der Waals surface area contributed by atoms with Gasteiger partial charge in [-0.05, 0) is 55.2 Å². The molecule has 124 valence electrons. The molecule has 0 unspecified atom stereocenters. The number of hydrogen-bond acceptors (Lipinski definition) is 4. The van der Waals surface area contributed by atoms with Crippen molar-refractivity contribution in [2.24, 2.45) is 0 Å². The van der Waals surface area contributed by atoms with Crippen molar-refractivity contribution in [1.82, 2.24) is 5.32 Å². The molecule has 0 bridgehead atoms. The first-order chi connectivity index (χ1) is 11.1. The molecule has 2 atom stereocenters. The minimum absolute atomic E-state index is 0.0354. The maximum absolute atomic E-state index is 9.35. The van der Waals surface area contributed by atoms with Crippen LogP contribution in [-0.2, 0) is 11.2 Å². The molecular formula is C19H25NO3. The van der Waals surface area contributed by atoms with Crippen LogP contribution in [0, 0.1) is 0 Å². The van der Waals surface area contributed by atoms with E-state index in [0.29, 0.717) is 11.8 Å². The summed E-state index contributed by atoms with van der Waals surface area (Å²) in [5, 5.41) is 22.1. The molecule has 0 saturated heterocycles. The van der Waals surface area contributed by atoms with Gasteiger partial charge in [0, 0.05) is 19.7 Å². The monoisotopic (exact) mass is 315 g/mol. The number of aryl methyl sites for hydroxylation is 1. The van der Waals surface area contributed by atoms with Gasteiger partial charge >= 0.3 is 0 Å². The smallest absolute Gasteiger partial charge is 0.115 e. The number of benzene rings is 2. The van der Waals surface area contributed by atoms with E-state index in [4.69, 9.17) is 4.74 Å². The second-order valence-corrected chi connectivity index (χ2v) is 5.83. The largest absolute Gasteiger partial charge is 0.508 e. The Kier molecular flexibility index (Phi) is 6.44. The Bertz CT molecular complexity index is 581. The van der Waals surface area contributed by atoms with E-state index in [-0.39, 0.29) is 11.9 Å². The molecule has 0 aliphatic carbocycles. The number of rotatable bonds is 8. The molecule has 4 nitrogen and oxygen atoms in total. The summed E-state index contributed by atoms with van der Waals surface area (Å²) in [6.07, 6.45) is 1.94. The molecule has 0 amide bonds. The fraction of sp³-hybridized carbons (Fsp3) is 0.368. The van der Waals surface area contributed by atoms with Gasteiger partial charge in [-0.3, -0.25) is 0 Å². The van der Waals surface area contributed by atoms with E-state index in [1.54, 1.807) is 31.4 Å². The van der Waals surface area contributed by atoms with Gasteiger partial charge in [-0.1, -0.05) is 24.3 Å². The molecule has 2 aromatic rings. The van der Waals surface area contributed by atoms with E-state index < -0.39 is 0 Å². The van der Waals surface area contributed by atoms with Gasteiger partial charge in [-0.2, -0.15) is 0 Å². The molecule has 0 radical (unpaired) electrons. The Balaban J connectivity index is 1.79. The maximum Gasteiger partial charge on any atom is 0.115 e. The summed E-state index contributed by atoms with van der Waals surface area (Å²) >= 11 is 0. The van der Waals surface area contributed by atoms with Gasteiger partial charge in [0.2, 0.25) is 0 Å². The predicted molar refractivity (Wildman–Crippen MR) is 91.7 cm³/mol. The van der Waals surface area contributed by atoms with Crippen LogP contribution in [0.15, 0.2) is 48.5 Å². The summed E-state index contributed by atoms with van der Waals surface area (Å²) in [5.41, 5.74) is 2.27. The Morgan fingerprint density at radius 3 is 2.09 bits per heavy atom. The Labute approximate surface area is 137 Å². The lowest BCUT2D eigenvalue weighted by Gasteiger charge is -2.20. The van der Waals surface area contributed by atoms with Crippen LogP contribution < -0.4 is 5.32 Å². The van der Waals surface area contributed by atoms with Gasteiger partial charge in [-0.15, -0.1) is 0 Å². The summed E-state index contributed by atoms with van der Waals surface area (Å²) < 4.78 is 5.53. The van der Waals surface area contributed by atoms with E-state index >= 15 is 0 Å². The highest BCUT2D eigenvalue weighted by molar-refractivity contribution is 5.28. The number of aromatic hydroxyl groups is 2. The lowest BCUT2D eigenvalue weighted by molar-refractivity contribution is 0.0996. The normalized spacial score (nSPS) is 13.7. The second kappa shape index (κ2) is 8.56. The topological polar surface area (TPSA) is 61.7 Å². The van der Waals surface area contributed by atoms with Gasteiger partial charge < -0.3 is 20.3 Å². The van der Waals surface area contributed by atoms with Gasteiger partial charge in [0.1, 0.15) is 11.5 Å². The number of phenols is 2. The summed E-state index contributed by atoms with van der Waals surface area (Å²) in [4.78, 5) is 0. The Morgan fingerprint density at radius 1 is 0.957 bits per heavy atom. The number of methoxy groups -OCH3 is 1. The van der Waals surface area contributed by atoms with Crippen LogP contribution in [0.4, 0.5) is 0 Å². The second-order valence-electron chi connectivity index (χ2n) is 5.83. The molecule has 0 spiro atoms. The first kappa shape index (κ1) is 17.3. The van der Waals surface area contributed by atoms with Gasteiger partial charge in [-0.25, -0.2) is 0 Å². The highest BCUT2D eigenvalue weighted by atomic mass is 16.5. The van der Waals surface area contributed by atoms with E-state index in [9.17, 15) is 10.2 Å².